The van der Waals surface area contributed by atoms with Crippen LogP contribution >= 0.6 is 0 Å². The molecule has 0 aliphatic rings. The van der Waals surface area contributed by atoms with Crippen molar-refractivity contribution in [2.24, 2.45) is 0 Å². The van der Waals surface area contributed by atoms with E-state index in [0.29, 0.717) is 0 Å². The summed E-state index contributed by atoms with van der Waals surface area (Å²) in [6.45, 7) is -0.232. The third kappa shape index (κ3) is 3.72. The molecule has 3 rings (SSSR count). The molecule has 0 amide bonds. The topological polar surface area (TPSA) is 49.7 Å². The number of benzene rings is 3. The van der Waals surface area contributed by atoms with Crippen molar-refractivity contribution in [1.82, 2.24) is 0 Å². The first-order valence-corrected chi connectivity index (χ1v) is 10.3. The highest BCUT2D eigenvalue weighted by Crippen LogP contribution is 2.10. The minimum absolute atomic E-state index is 0.0847. The van der Waals surface area contributed by atoms with Crippen LogP contribution < -0.4 is 15.6 Å². The molecule has 0 aromatic heterocycles. The van der Waals surface area contributed by atoms with Gasteiger partial charge in [0, 0.05) is 0 Å². The van der Waals surface area contributed by atoms with E-state index in [1.165, 1.54) is 0 Å². The first-order valence-electron chi connectivity index (χ1n) is 8.37. The van der Waals surface area contributed by atoms with Crippen LogP contribution in [0.25, 0.3) is 0 Å². The van der Waals surface area contributed by atoms with Gasteiger partial charge in [-0.1, -0.05) is 91.0 Å². The van der Waals surface area contributed by atoms with E-state index in [4.69, 9.17) is 4.43 Å². The van der Waals surface area contributed by atoms with E-state index < -0.39 is 14.4 Å². The first kappa shape index (κ1) is 17.6. The predicted molar refractivity (Wildman–Crippen MR) is 103 cm³/mol. The van der Waals surface area contributed by atoms with Gasteiger partial charge < -0.3 is 14.6 Å². The van der Waals surface area contributed by atoms with Crippen molar-refractivity contribution in [2.45, 2.75) is 6.10 Å². The molecule has 0 saturated heterocycles. The molecule has 3 aromatic carbocycles. The quantitative estimate of drug-likeness (QED) is 0.494. The van der Waals surface area contributed by atoms with Crippen LogP contribution in [0.2, 0.25) is 0 Å². The van der Waals surface area contributed by atoms with Gasteiger partial charge in [0.1, 0.15) is 0 Å². The standard InChI is InChI=1S/C21H22O3Si/c22-16-18(23)17-24-25(19-10-4-1-5-11-19,20-12-6-2-7-13-20)21-14-8-3-9-15-21/h1-15,18,22-23H,16-17H2/t18-/m1/s1. The molecule has 0 fully saturated rings. The summed E-state index contributed by atoms with van der Waals surface area (Å²) in [5, 5.41) is 22.5. The SMILES string of the molecule is OC[C@@H](O)CO[Si](c1ccccc1)(c1ccccc1)c1ccccc1. The molecule has 3 aromatic rings. The Kier molecular flexibility index (Phi) is 5.78. The normalized spacial score (nSPS) is 12.7. The fraction of sp³-hybridized carbons (Fsp3) is 0.143. The Morgan fingerprint density at radius 2 is 1.04 bits per heavy atom. The van der Waals surface area contributed by atoms with E-state index in [2.05, 4.69) is 36.4 Å². The Morgan fingerprint density at radius 1 is 0.680 bits per heavy atom. The monoisotopic (exact) mass is 350 g/mol. The summed E-state index contributed by atoms with van der Waals surface area (Å²) in [7, 11) is -2.77. The molecule has 0 aliphatic heterocycles. The Morgan fingerprint density at radius 3 is 1.36 bits per heavy atom. The van der Waals surface area contributed by atoms with Crippen molar-refractivity contribution in [1.29, 1.82) is 0 Å². The number of aliphatic hydroxyl groups is 2. The van der Waals surface area contributed by atoms with E-state index >= 15 is 0 Å². The van der Waals surface area contributed by atoms with Gasteiger partial charge in [0.05, 0.1) is 19.3 Å². The van der Waals surface area contributed by atoms with Crippen LogP contribution in [0.1, 0.15) is 0 Å². The average Bonchev–Trinajstić information content (AvgIpc) is 2.71. The van der Waals surface area contributed by atoms with Gasteiger partial charge in [-0.05, 0) is 15.6 Å². The van der Waals surface area contributed by atoms with Crippen LogP contribution in [0.3, 0.4) is 0 Å². The van der Waals surface area contributed by atoms with Gasteiger partial charge in [-0.15, -0.1) is 0 Å². The van der Waals surface area contributed by atoms with Gasteiger partial charge in [0.2, 0.25) is 0 Å². The van der Waals surface area contributed by atoms with Gasteiger partial charge in [-0.2, -0.15) is 0 Å². The molecule has 2 N–H and O–H groups in total. The van der Waals surface area contributed by atoms with Crippen molar-refractivity contribution in [2.75, 3.05) is 13.2 Å². The molecule has 128 valence electrons. The van der Waals surface area contributed by atoms with Gasteiger partial charge >= 0.3 is 0 Å². The molecular formula is C21H22O3Si. The molecule has 25 heavy (non-hydrogen) atoms. The van der Waals surface area contributed by atoms with E-state index in [1.807, 2.05) is 54.6 Å². The largest absolute Gasteiger partial charge is 0.401 e. The van der Waals surface area contributed by atoms with Crippen molar-refractivity contribution in [3.63, 3.8) is 0 Å². The Balaban J connectivity index is 2.20. The molecule has 0 unspecified atom stereocenters. The third-order valence-electron chi connectivity index (χ3n) is 4.24. The number of rotatable bonds is 7. The highest BCUT2D eigenvalue weighted by atomic mass is 28.4. The lowest BCUT2D eigenvalue weighted by Gasteiger charge is -2.33. The lowest BCUT2D eigenvalue weighted by atomic mass is 10.3. The minimum Gasteiger partial charge on any atom is -0.401 e. The summed E-state index contributed by atoms with van der Waals surface area (Å²) in [5.41, 5.74) is 0. The summed E-state index contributed by atoms with van der Waals surface area (Å²) in [4.78, 5) is 0. The highest BCUT2D eigenvalue weighted by molar-refractivity contribution is 7.07. The van der Waals surface area contributed by atoms with Crippen LogP contribution in [0.4, 0.5) is 0 Å². The fourth-order valence-electron chi connectivity index (χ4n) is 3.04. The number of aliphatic hydroxyl groups excluding tert-OH is 2. The summed E-state index contributed by atoms with van der Waals surface area (Å²) in [5.74, 6) is 0. The zero-order valence-corrected chi connectivity index (χ0v) is 15.0. The molecule has 0 aliphatic carbocycles. The van der Waals surface area contributed by atoms with Gasteiger partial charge in [0.15, 0.2) is 0 Å². The second kappa shape index (κ2) is 8.23. The summed E-state index contributed by atoms with van der Waals surface area (Å²) in [6.07, 6.45) is -0.900. The molecule has 4 heteroatoms. The van der Waals surface area contributed by atoms with Crippen LogP contribution in [0.5, 0.6) is 0 Å². The lowest BCUT2D eigenvalue weighted by Crippen LogP contribution is -2.69. The molecule has 0 spiro atoms. The Bertz CT molecular complexity index is 666. The second-order valence-electron chi connectivity index (χ2n) is 5.93. The van der Waals surface area contributed by atoms with Gasteiger partial charge in [-0.3, -0.25) is 0 Å². The van der Waals surface area contributed by atoms with Gasteiger partial charge in [-0.25, -0.2) is 0 Å². The van der Waals surface area contributed by atoms with Crippen molar-refractivity contribution in [3.8, 4) is 0 Å². The van der Waals surface area contributed by atoms with E-state index in [9.17, 15) is 10.2 Å². The maximum atomic E-state index is 9.91. The lowest BCUT2D eigenvalue weighted by molar-refractivity contribution is 0.0529. The van der Waals surface area contributed by atoms with E-state index in [0.717, 1.165) is 15.6 Å². The van der Waals surface area contributed by atoms with Crippen molar-refractivity contribution >= 4 is 23.9 Å². The second-order valence-corrected chi connectivity index (χ2v) is 9.31. The third-order valence-corrected chi connectivity index (χ3v) is 8.28. The average molecular weight is 350 g/mol. The van der Waals surface area contributed by atoms with Crippen LogP contribution in [-0.2, 0) is 4.43 Å². The molecule has 0 radical (unpaired) electrons. The van der Waals surface area contributed by atoms with Gasteiger partial charge in [0.25, 0.3) is 8.32 Å². The van der Waals surface area contributed by atoms with Crippen LogP contribution in [0.15, 0.2) is 91.0 Å². The smallest absolute Gasteiger partial charge is 0.288 e. The zero-order chi connectivity index (χ0) is 17.5. The molecule has 1 atom stereocenters. The van der Waals surface area contributed by atoms with Crippen molar-refractivity contribution < 1.29 is 14.6 Å². The summed E-state index contributed by atoms with van der Waals surface area (Å²) in [6, 6.07) is 30.5. The number of hydrogen-bond acceptors (Lipinski definition) is 3. The molecular weight excluding hydrogens is 328 g/mol. The minimum atomic E-state index is -2.77. The zero-order valence-electron chi connectivity index (χ0n) is 14.0. The molecule has 0 heterocycles. The van der Waals surface area contributed by atoms with E-state index in [-0.39, 0.29) is 13.2 Å². The highest BCUT2D eigenvalue weighted by Gasteiger charge is 2.42. The maximum absolute atomic E-state index is 9.91. The predicted octanol–water partition coefficient (Wildman–Crippen LogP) is 1.02. The Hall–Kier alpha value is -2.24. The first-order chi connectivity index (χ1) is 12.3. The van der Waals surface area contributed by atoms with E-state index in [1.54, 1.807) is 0 Å². The van der Waals surface area contributed by atoms with Crippen molar-refractivity contribution in [3.05, 3.63) is 91.0 Å². The summed E-state index contributed by atoms with van der Waals surface area (Å²) >= 11 is 0. The molecule has 0 bridgehead atoms. The Labute approximate surface area is 149 Å². The number of hydrogen-bond donors (Lipinski definition) is 2. The summed E-state index contributed by atoms with van der Waals surface area (Å²) < 4.78 is 6.47. The van der Waals surface area contributed by atoms with Crippen LogP contribution in [0, 0.1) is 0 Å². The maximum Gasteiger partial charge on any atom is 0.288 e. The molecule has 0 saturated carbocycles. The fourth-order valence-corrected chi connectivity index (χ4v) is 6.97. The molecule has 3 nitrogen and oxygen atoms in total. The van der Waals surface area contributed by atoms with Crippen LogP contribution in [-0.4, -0.2) is 37.8 Å².